The zero-order valence-corrected chi connectivity index (χ0v) is 19.4. The Morgan fingerprint density at radius 2 is 1.93 bits per heavy atom. The zero-order valence-electron chi connectivity index (χ0n) is 18.4. The summed E-state index contributed by atoms with van der Waals surface area (Å²) in [6, 6.07) is 0. The molecule has 5 rings (SSSR count). The van der Waals surface area contributed by atoms with Crippen LogP contribution >= 0.6 is 0 Å². The minimum absolute atomic E-state index is 0.0186. The Hall–Kier alpha value is -1.14. The lowest BCUT2D eigenvalue weighted by molar-refractivity contribution is -0.161. The molecule has 160 valence electrons. The Labute approximate surface area is 174 Å². The van der Waals surface area contributed by atoms with Crippen molar-refractivity contribution in [3.05, 3.63) is 12.2 Å². The number of esters is 2. The van der Waals surface area contributed by atoms with E-state index < -0.39 is 19.3 Å². The van der Waals surface area contributed by atoms with Crippen molar-refractivity contribution in [2.75, 3.05) is 7.11 Å². The van der Waals surface area contributed by atoms with Crippen LogP contribution in [0.2, 0.25) is 19.6 Å². The van der Waals surface area contributed by atoms with Gasteiger partial charge in [0.25, 0.3) is 0 Å². The monoisotopic (exact) mass is 418 g/mol. The first-order valence-electron chi connectivity index (χ1n) is 11.1. The summed E-state index contributed by atoms with van der Waals surface area (Å²) >= 11 is 0. The predicted octanol–water partition coefficient (Wildman–Crippen LogP) is 4.08. The van der Waals surface area contributed by atoms with Gasteiger partial charge in [0.05, 0.1) is 18.4 Å². The van der Waals surface area contributed by atoms with Gasteiger partial charge >= 0.3 is 11.9 Å². The highest BCUT2D eigenvalue weighted by molar-refractivity contribution is 6.69. The minimum Gasteiger partial charge on any atom is -0.469 e. The van der Waals surface area contributed by atoms with Gasteiger partial charge in [-0.2, -0.15) is 0 Å². The van der Waals surface area contributed by atoms with Crippen LogP contribution in [0.1, 0.15) is 45.4 Å². The molecule has 1 spiro atoms. The van der Waals surface area contributed by atoms with Crippen LogP contribution in [-0.4, -0.2) is 39.1 Å². The maximum Gasteiger partial charge on any atom is 0.312 e. The number of fused-ring (bicyclic) bond motifs is 1. The first-order chi connectivity index (χ1) is 13.5. The largest absolute Gasteiger partial charge is 0.469 e. The fourth-order valence-corrected chi connectivity index (χ4v) is 9.61. The average molecular weight is 419 g/mol. The molecule has 0 amide bonds. The van der Waals surface area contributed by atoms with Crippen molar-refractivity contribution in [1.29, 1.82) is 0 Å². The van der Waals surface area contributed by atoms with E-state index in [4.69, 9.17) is 13.9 Å². The van der Waals surface area contributed by atoms with Crippen LogP contribution in [0.15, 0.2) is 12.2 Å². The second-order valence-corrected chi connectivity index (χ2v) is 16.1. The molecule has 6 heteroatoms. The highest BCUT2D eigenvalue weighted by Gasteiger charge is 2.82. The number of hydrogen-bond acceptors (Lipinski definition) is 5. The van der Waals surface area contributed by atoms with Gasteiger partial charge in [0.2, 0.25) is 0 Å². The van der Waals surface area contributed by atoms with Crippen LogP contribution in [0.3, 0.4) is 0 Å². The summed E-state index contributed by atoms with van der Waals surface area (Å²) in [5.74, 6) is -0.0162. The third-order valence-corrected chi connectivity index (χ3v) is 9.98. The molecular weight excluding hydrogens is 384 g/mol. The van der Waals surface area contributed by atoms with Crippen LogP contribution in [0.25, 0.3) is 0 Å². The molecule has 5 fully saturated rings. The molecule has 0 aromatic rings. The molecule has 0 aromatic carbocycles. The van der Waals surface area contributed by atoms with Crippen LogP contribution < -0.4 is 0 Å². The average Bonchev–Trinajstić information content (AvgIpc) is 3.05. The summed E-state index contributed by atoms with van der Waals surface area (Å²) in [7, 11) is -0.288. The lowest BCUT2D eigenvalue weighted by Gasteiger charge is -2.46. The van der Waals surface area contributed by atoms with Gasteiger partial charge < -0.3 is 13.9 Å². The number of rotatable bonds is 3. The number of allylic oxidation sites excluding steroid dienone is 1. The lowest BCUT2D eigenvalue weighted by Crippen LogP contribution is -2.53. The van der Waals surface area contributed by atoms with Crippen LogP contribution in [0.5, 0.6) is 0 Å². The van der Waals surface area contributed by atoms with E-state index in [9.17, 15) is 9.59 Å². The number of hydrogen-bond donors (Lipinski definition) is 0. The van der Waals surface area contributed by atoms with Crippen molar-refractivity contribution in [2.45, 2.75) is 76.8 Å². The molecule has 0 N–H and O–H groups in total. The Morgan fingerprint density at radius 3 is 2.59 bits per heavy atom. The molecule has 0 radical (unpaired) electrons. The summed E-state index contributed by atoms with van der Waals surface area (Å²) in [5.41, 5.74) is -0.178. The van der Waals surface area contributed by atoms with Crippen molar-refractivity contribution in [3.8, 4) is 0 Å². The SMILES string of the molecule is C=C1C[C@]23C[C@H]1CCC2[C@@]12C[C@H](O[Si](C)(C)C)CC(C)(C(=O)O1)C2[C@@H]3C(=O)OC. The smallest absolute Gasteiger partial charge is 0.312 e. The summed E-state index contributed by atoms with van der Waals surface area (Å²) in [6.45, 7) is 13.0. The second kappa shape index (κ2) is 5.76. The van der Waals surface area contributed by atoms with Crippen molar-refractivity contribution in [2.24, 2.45) is 34.5 Å². The van der Waals surface area contributed by atoms with Gasteiger partial charge in [0, 0.05) is 24.4 Å². The van der Waals surface area contributed by atoms with Crippen LogP contribution in [0, 0.1) is 34.5 Å². The fourth-order valence-electron chi connectivity index (χ4n) is 8.45. The lowest BCUT2D eigenvalue weighted by atomic mass is 9.59. The van der Waals surface area contributed by atoms with E-state index >= 15 is 0 Å². The minimum atomic E-state index is -1.77. The zero-order chi connectivity index (χ0) is 21.0. The third kappa shape index (κ3) is 2.36. The van der Waals surface area contributed by atoms with Gasteiger partial charge in [0.15, 0.2) is 8.32 Å². The summed E-state index contributed by atoms with van der Waals surface area (Å²) in [5, 5.41) is 0. The Kier molecular flexibility index (Phi) is 3.93. The van der Waals surface area contributed by atoms with Crippen molar-refractivity contribution >= 4 is 20.3 Å². The molecule has 5 aliphatic rings. The van der Waals surface area contributed by atoms with Gasteiger partial charge in [-0.1, -0.05) is 12.2 Å². The Morgan fingerprint density at radius 1 is 1.21 bits per heavy atom. The summed E-state index contributed by atoms with van der Waals surface area (Å²) in [6.07, 6.45) is 5.32. The number of carbonyl (C=O) groups is 2. The quantitative estimate of drug-likeness (QED) is 0.393. The van der Waals surface area contributed by atoms with Crippen LogP contribution in [0.4, 0.5) is 0 Å². The molecule has 29 heavy (non-hydrogen) atoms. The highest BCUT2D eigenvalue weighted by Crippen LogP contribution is 2.78. The second-order valence-electron chi connectivity index (χ2n) is 11.6. The molecule has 0 aromatic heterocycles. The Bertz CT molecular complexity index is 802. The highest BCUT2D eigenvalue weighted by atomic mass is 28.4. The van der Waals surface area contributed by atoms with E-state index in [-0.39, 0.29) is 41.2 Å². The third-order valence-electron chi connectivity index (χ3n) is 8.94. The first-order valence-corrected chi connectivity index (χ1v) is 14.5. The van der Waals surface area contributed by atoms with E-state index in [0.29, 0.717) is 12.3 Å². The molecule has 8 atom stereocenters. The standard InChI is InChI=1S/C23H34O5Si/c1-13-9-22-10-14(13)7-8-16(22)23-12-15(28-29(4,5)6)11-21(2,20(25)27-23)18(23)17(22)19(24)26-3/h14-18H,1,7-12H2,2-6H3/t14-,15-,16?,17-,18?,21?,22+,23-/m1/s1. The first kappa shape index (κ1) is 19.8. The molecule has 1 aliphatic heterocycles. The maximum atomic E-state index is 13.3. The summed E-state index contributed by atoms with van der Waals surface area (Å²) in [4.78, 5) is 26.5. The van der Waals surface area contributed by atoms with Crippen molar-refractivity contribution in [3.63, 3.8) is 0 Å². The van der Waals surface area contributed by atoms with Gasteiger partial charge in [0.1, 0.15) is 5.60 Å². The van der Waals surface area contributed by atoms with Crippen LogP contribution in [-0.2, 0) is 23.5 Å². The van der Waals surface area contributed by atoms with E-state index in [1.807, 2.05) is 6.92 Å². The van der Waals surface area contributed by atoms with Crippen molar-refractivity contribution in [1.82, 2.24) is 0 Å². The molecule has 4 bridgehead atoms. The van der Waals surface area contributed by atoms with Gasteiger partial charge in [-0.3, -0.25) is 9.59 Å². The Balaban J connectivity index is 1.66. The maximum absolute atomic E-state index is 13.3. The number of methoxy groups -OCH3 is 1. The summed E-state index contributed by atoms with van der Waals surface area (Å²) < 4.78 is 18.3. The van der Waals surface area contributed by atoms with Gasteiger partial charge in [-0.25, -0.2) is 0 Å². The molecule has 4 saturated carbocycles. The van der Waals surface area contributed by atoms with Gasteiger partial charge in [-0.15, -0.1) is 0 Å². The van der Waals surface area contributed by atoms with Crippen molar-refractivity contribution < 1.29 is 23.5 Å². The molecular formula is C23H34O5Si. The number of carbonyl (C=O) groups excluding carboxylic acids is 2. The predicted molar refractivity (Wildman–Crippen MR) is 110 cm³/mol. The van der Waals surface area contributed by atoms with E-state index in [1.165, 1.54) is 12.7 Å². The molecule has 1 heterocycles. The molecule has 3 unspecified atom stereocenters. The molecule has 4 aliphatic carbocycles. The van der Waals surface area contributed by atoms with E-state index in [2.05, 4.69) is 26.2 Å². The molecule has 5 nitrogen and oxygen atoms in total. The normalized spacial score (nSPS) is 50.2. The van der Waals surface area contributed by atoms with E-state index in [1.54, 1.807) is 0 Å². The van der Waals surface area contributed by atoms with E-state index in [0.717, 1.165) is 32.1 Å². The molecule has 1 saturated heterocycles. The topological polar surface area (TPSA) is 61.8 Å². The fraction of sp³-hybridized carbons (Fsp3) is 0.826. The van der Waals surface area contributed by atoms with Gasteiger partial charge in [-0.05, 0) is 70.0 Å². The number of ether oxygens (including phenoxy) is 2.